The second-order valence-corrected chi connectivity index (χ2v) is 5.06. The SMILES string of the molecule is O=C=NC1(c2cc(Cl)cc3c2OCC3)CCC1. The molecular weight excluding hydrogens is 238 g/mol. The number of halogens is 1. The standard InChI is InChI=1S/C13H12ClNO2/c14-10-6-9-2-5-17-12(9)11(7-10)13(15-8-16)3-1-4-13/h6-7H,1-5H2. The summed E-state index contributed by atoms with van der Waals surface area (Å²) in [5.41, 5.74) is 1.66. The Morgan fingerprint density at radius 3 is 2.88 bits per heavy atom. The van der Waals surface area contributed by atoms with E-state index in [0.29, 0.717) is 11.6 Å². The van der Waals surface area contributed by atoms with Gasteiger partial charge in [0.2, 0.25) is 6.08 Å². The van der Waals surface area contributed by atoms with E-state index in [-0.39, 0.29) is 0 Å². The molecule has 0 aromatic heterocycles. The van der Waals surface area contributed by atoms with Crippen LogP contribution in [0.5, 0.6) is 5.75 Å². The van der Waals surface area contributed by atoms with Gasteiger partial charge in [0.15, 0.2) is 0 Å². The number of aliphatic imine (C=N–C) groups is 1. The van der Waals surface area contributed by atoms with Crippen LogP contribution >= 0.6 is 11.6 Å². The summed E-state index contributed by atoms with van der Waals surface area (Å²) < 4.78 is 5.66. The van der Waals surface area contributed by atoms with Crippen LogP contribution in [0.2, 0.25) is 5.02 Å². The van der Waals surface area contributed by atoms with Gasteiger partial charge in [0.05, 0.1) is 6.61 Å². The van der Waals surface area contributed by atoms with Gasteiger partial charge in [-0.15, -0.1) is 0 Å². The van der Waals surface area contributed by atoms with Crippen LogP contribution in [0.3, 0.4) is 0 Å². The Morgan fingerprint density at radius 1 is 1.41 bits per heavy atom. The molecule has 0 amide bonds. The molecule has 2 aliphatic rings. The van der Waals surface area contributed by atoms with Gasteiger partial charge < -0.3 is 4.74 Å². The molecule has 0 radical (unpaired) electrons. The molecule has 3 nitrogen and oxygen atoms in total. The maximum atomic E-state index is 10.6. The molecule has 88 valence electrons. The summed E-state index contributed by atoms with van der Waals surface area (Å²) in [6.45, 7) is 0.684. The van der Waals surface area contributed by atoms with Crippen molar-refractivity contribution in [3.05, 3.63) is 28.3 Å². The first-order chi connectivity index (χ1) is 8.25. The minimum atomic E-state index is -0.429. The smallest absolute Gasteiger partial charge is 0.235 e. The van der Waals surface area contributed by atoms with Crippen LogP contribution in [0.1, 0.15) is 30.4 Å². The molecule has 0 saturated heterocycles. The molecule has 0 unspecified atom stereocenters. The summed E-state index contributed by atoms with van der Waals surface area (Å²) >= 11 is 6.12. The monoisotopic (exact) mass is 249 g/mol. The Morgan fingerprint density at radius 2 is 2.24 bits per heavy atom. The van der Waals surface area contributed by atoms with Gasteiger partial charge in [-0.1, -0.05) is 11.6 Å². The van der Waals surface area contributed by atoms with Gasteiger partial charge in [-0.3, -0.25) is 0 Å². The van der Waals surface area contributed by atoms with Crippen molar-refractivity contribution in [1.82, 2.24) is 0 Å². The van der Waals surface area contributed by atoms with E-state index in [1.54, 1.807) is 6.08 Å². The molecule has 0 N–H and O–H groups in total. The fourth-order valence-electron chi connectivity index (χ4n) is 2.66. The number of hydrogen-bond donors (Lipinski definition) is 0. The van der Waals surface area contributed by atoms with E-state index in [1.807, 2.05) is 12.1 Å². The Kier molecular flexibility index (Phi) is 2.46. The molecule has 4 heteroatoms. The van der Waals surface area contributed by atoms with E-state index >= 15 is 0 Å². The molecule has 1 aliphatic carbocycles. The van der Waals surface area contributed by atoms with Crippen LogP contribution in [0.4, 0.5) is 0 Å². The van der Waals surface area contributed by atoms with Crippen molar-refractivity contribution in [2.75, 3.05) is 6.61 Å². The number of isocyanates is 1. The molecule has 3 rings (SSSR count). The summed E-state index contributed by atoms with van der Waals surface area (Å²) in [5.74, 6) is 0.883. The third kappa shape index (κ3) is 1.58. The normalized spacial score (nSPS) is 19.8. The minimum absolute atomic E-state index is 0.429. The first kappa shape index (κ1) is 10.8. The molecule has 0 bridgehead atoms. The van der Waals surface area contributed by atoms with E-state index in [9.17, 15) is 4.79 Å². The Hall–Kier alpha value is -1.31. The van der Waals surface area contributed by atoms with Crippen molar-refractivity contribution >= 4 is 17.7 Å². The van der Waals surface area contributed by atoms with Crippen molar-refractivity contribution in [2.24, 2.45) is 4.99 Å². The van der Waals surface area contributed by atoms with Crippen LogP contribution < -0.4 is 4.74 Å². The Bertz CT molecular complexity index is 516. The molecule has 1 fully saturated rings. The number of ether oxygens (including phenoxy) is 1. The average molecular weight is 250 g/mol. The first-order valence-electron chi connectivity index (χ1n) is 5.80. The maximum absolute atomic E-state index is 10.6. The lowest BCUT2D eigenvalue weighted by atomic mass is 9.71. The topological polar surface area (TPSA) is 38.7 Å². The van der Waals surface area contributed by atoms with Gasteiger partial charge >= 0.3 is 0 Å². The minimum Gasteiger partial charge on any atom is -0.493 e. The molecule has 1 aromatic carbocycles. The molecule has 1 saturated carbocycles. The quantitative estimate of drug-likeness (QED) is 0.597. The van der Waals surface area contributed by atoms with Gasteiger partial charge in [0, 0.05) is 17.0 Å². The fraction of sp³-hybridized carbons (Fsp3) is 0.462. The number of hydrogen-bond acceptors (Lipinski definition) is 3. The van der Waals surface area contributed by atoms with Crippen molar-refractivity contribution in [1.29, 1.82) is 0 Å². The van der Waals surface area contributed by atoms with Crippen LogP contribution in [0.25, 0.3) is 0 Å². The molecule has 1 aliphatic heterocycles. The third-order valence-electron chi connectivity index (χ3n) is 3.69. The van der Waals surface area contributed by atoms with Gasteiger partial charge in [0.25, 0.3) is 0 Å². The highest BCUT2D eigenvalue weighted by Gasteiger charge is 2.42. The first-order valence-corrected chi connectivity index (χ1v) is 6.18. The predicted molar refractivity (Wildman–Crippen MR) is 64.3 cm³/mol. The molecule has 1 heterocycles. The lowest BCUT2D eigenvalue weighted by molar-refractivity contribution is 0.243. The van der Waals surface area contributed by atoms with Gasteiger partial charge in [0.1, 0.15) is 11.3 Å². The average Bonchev–Trinajstić information content (AvgIpc) is 2.70. The third-order valence-corrected chi connectivity index (χ3v) is 3.91. The van der Waals surface area contributed by atoms with Crippen LogP contribution in [-0.2, 0) is 16.8 Å². The molecule has 17 heavy (non-hydrogen) atoms. The lowest BCUT2D eigenvalue weighted by Crippen LogP contribution is -2.32. The van der Waals surface area contributed by atoms with E-state index in [0.717, 1.165) is 42.6 Å². The molecule has 0 spiro atoms. The van der Waals surface area contributed by atoms with Crippen molar-refractivity contribution in [2.45, 2.75) is 31.2 Å². The zero-order chi connectivity index (χ0) is 11.9. The summed E-state index contributed by atoms with van der Waals surface area (Å²) in [6, 6.07) is 3.82. The summed E-state index contributed by atoms with van der Waals surface area (Å²) in [5, 5.41) is 0.691. The summed E-state index contributed by atoms with van der Waals surface area (Å²) in [6.07, 6.45) is 5.40. The number of rotatable bonds is 2. The van der Waals surface area contributed by atoms with E-state index in [2.05, 4.69) is 4.99 Å². The van der Waals surface area contributed by atoms with Crippen molar-refractivity contribution in [3.63, 3.8) is 0 Å². The number of fused-ring (bicyclic) bond motifs is 1. The van der Waals surface area contributed by atoms with Gasteiger partial charge in [-0.2, -0.15) is 4.99 Å². The number of nitrogens with zero attached hydrogens (tertiary/aromatic N) is 1. The number of carbonyl (C=O) groups excluding carboxylic acids is 1. The zero-order valence-corrected chi connectivity index (χ0v) is 10.1. The lowest BCUT2D eigenvalue weighted by Gasteiger charge is -2.37. The zero-order valence-electron chi connectivity index (χ0n) is 9.33. The van der Waals surface area contributed by atoms with Gasteiger partial charge in [-0.05, 0) is 37.0 Å². The predicted octanol–water partition coefficient (Wildman–Crippen LogP) is 2.99. The second-order valence-electron chi connectivity index (χ2n) is 4.63. The highest BCUT2D eigenvalue weighted by atomic mass is 35.5. The molecule has 1 aromatic rings. The maximum Gasteiger partial charge on any atom is 0.235 e. The molecule has 0 atom stereocenters. The highest BCUT2D eigenvalue weighted by Crippen LogP contribution is 2.50. The Balaban J connectivity index is 2.17. The van der Waals surface area contributed by atoms with E-state index < -0.39 is 5.54 Å². The molecular formula is C13H12ClNO2. The Labute approximate surface area is 104 Å². The largest absolute Gasteiger partial charge is 0.493 e. The van der Waals surface area contributed by atoms with E-state index in [1.165, 1.54) is 0 Å². The highest BCUT2D eigenvalue weighted by molar-refractivity contribution is 6.30. The van der Waals surface area contributed by atoms with Crippen LogP contribution in [-0.4, -0.2) is 12.7 Å². The second kappa shape index (κ2) is 3.86. The fourth-order valence-corrected chi connectivity index (χ4v) is 2.90. The number of benzene rings is 1. The van der Waals surface area contributed by atoms with Crippen molar-refractivity contribution in [3.8, 4) is 5.75 Å². The summed E-state index contributed by atoms with van der Waals surface area (Å²) in [7, 11) is 0. The van der Waals surface area contributed by atoms with Crippen LogP contribution in [0.15, 0.2) is 17.1 Å². The van der Waals surface area contributed by atoms with Crippen molar-refractivity contribution < 1.29 is 9.53 Å². The van der Waals surface area contributed by atoms with Gasteiger partial charge in [-0.25, -0.2) is 4.79 Å². The van der Waals surface area contributed by atoms with Crippen LogP contribution in [0, 0.1) is 0 Å². The summed E-state index contributed by atoms with van der Waals surface area (Å²) in [4.78, 5) is 14.6. The van der Waals surface area contributed by atoms with E-state index in [4.69, 9.17) is 16.3 Å².